The van der Waals surface area contributed by atoms with Gasteiger partial charge in [-0.2, -0.15) is 4.31 Å². The molecule has 4 rings (SSSR count). The third-order valence-corrected chi connectivity index (χ3v) is 8.95. The molecule has 1 aliphatic rings. The second kappa shape index (κ2) is 12.1. The zero-order chi connectivity index (χ0) is 28.2. The number of rotatable bonds is 11. The maximum absolute atomic E-state index is 14.9. The lowest BCUT2D eigenvalue weighted by Crippen LogP contribution is -2.34. The number of benzene rings is 2. The van der Waals surface area contributed by atoms with Crippen LogP contribution >= 0.6 is 11.6 Å². The van der Waals surface area contributed by atoms with Crippen molar-refractivity contribution in [1.82, 2.24) is 9.29 Å². The second-order valence-corrected chi connectivity index (χ2v) is 12.0. The Hall–Kier alpha value is -3.50. The van der Waals surface area contributed by atoms with Crippen LogP contribution in [0.1, 0.15) is 37.3 Å². The summed E-state index contributed by atoms with van der Waals surface area (Å²) in [7, 11) is -3.62. The van der Waals surface area contributed by atoms with Gasteiger partial charge in [-0.1, -0.05) is 60.9 Å². The molecule has 0 bridgehead atoms. The minimum absolute atomic E-state index is 0.0788. The van der Waals surface area contributed by atoms with Crippen LogP contribution in [0.15, 0.2) is 77.0 Å². The quantitative estimate of drug-likeness (QED) is 0.132. The lowest BCUT2D eigenvalue weighted by Gasteiger charge is -2.27. The Morgan fingerprint density at radius 2 is 1.90 bits per heavy atom. The third kappa shape index (κ3) is 6.57. The monoisotopic (exact) mass is 570 g/mol. The van der Waals surface area contributed by atoms with Crippen molar-refractivity contribution in [2.45, 2.75) is 49.6 Å². The summed E-state index contributed by atoms with van der Waals surface area (Å²) in [6.45, 7) is 4.15. The summed E-state index contributed by atoms with van der Waals surface area (Å²) < 4.78 is 41.9. The van der Waals surface area contributed by atoms with E-state index >= 15 is 0 Å². The number of hydrogen-bond donors (Lipinski definition) is 1. The molecule has 12 heteroatoms. The van der Waals surface area contributed by atoms with E-state index in [0.717, 1.165) is 11.8 Å². The van der Waals surface area contributed by atoms with Crippen LogP contribution in [0.4, 0.5) is 10.1 Å². The van der Waals surface area contributed by atoms with Gasteiger partial charge in [0.2, 0.25) is 15.9 Å². The SMILES string of the molecule is CC(C)[C@H](c1ccc(Cl)cc1)[C@H](N=[N+]=[N-])C(=O)Nc1cncc(F)c1CCC1C[N@]1S(=O)(=O)c1ccccc1. The number of carbonyl (C=O) groups is 1. The number of nitrogens with zero attached hydrogens (tertiary/aromatic N) is 5. The number of hydrogen-bond acceptors (Lipinski definition) is 5. The smallest absolute Gasteiger partial charge is 0.243 e. The van der Waals surface area contributed by atoms with Crippen LogP contribution in [0, 0.1) is 11.7 Å². The van der Waals surface area contributed by atoms with Crippen molar-refractivity contribution in [3.8, 4) is 0 Å². The highest BCUT2D eigenvalue weighted by atomic mass is 35.5. The van der Waals surface area contributed by atoms with Crippen LogP contribution in [0.5, 0.6) is 0 Å². The van der Waals surface area contributed by atoms with Crippen LogP contribution in [-0.2, 0) is 21.2 Å². The fourth-order valence-corrected chi connectivity index (χ4v) is 6.48. The molecule has 4 atom stereocenters. The summed E-state index contributed by atoms with van der Waals surface area (Å²) in [4.78, 5) is 20.4. The molecule has 3 aromatic rings. The van der Waals surface area contributed by atoms with E-state index in [-0.39, 0.29) is 34.5 Å². The van der Waals surface area contributed by atoms with Crippen LogP contribution in [0.25, 0.3) is 10.4 Å². The molecule has 0 spiro atoms. The minimum atomic E-state index is -3.62. The topological polar surface area (TPSA) is 128 Å². The van der Waals surface area contributed by atoms with E-state index in [2.05, 4.69) is 20.3 Å². The predicted octanol–water partition coefficient (Wildman–Crippen LogP) is 5.94. The Bertz CT molecular complexity index is 1480. The summed E-state index contributed by atoms with van der Waals surface area (Å²) in [5.41, 5.74) is 10.4. The molecule has 0 saturated carbocycles. The fourth-order valence-electron chi connectivity index (χ4n) is 4.72. The fraction of sp³-hybridized carbons (Fsp3) is 0.333. The molecule has 1 amide bonds. The van der Waals surface area contributed by atoms with Crippen LogP contribution in [0.3, 0.4) is 0 Å². The van der Waals surface area contributed by atoms with Crippen molar-refractivity contribution in [1.29, 1.82) is 0 Å². The van der Waals surface area contributed by atoms with Gasteiger partial charge in [0.15, 0.2) is 0 Å². The van der Waals surface area contributed by atoms with Crippen molar-refractivity contribution in [3.05, 3.63) is 99.4 Å². The molecule has 1 saturated heterocycles. The number of aromatic nitrogens is 1. The van der Waals surface area contributed by atoms with E-state index in [1.165, 1.54) is 22.6 Å². The summed E-state index contributed by atoms with van der Waals surface area (Å²) >= 11 is 6.02. The first-order valence-electron chi connectivity index (χ1n) is 12.4. The number of anilines is 1. The van der Waals surface area contributed by atoms with Crippen molar-refractivity contribution in [3.63, 3.8) is 0 Å². The molecule has 2 heterocycles. The van der Waals surface area contributed by atoms with Gasteiger partial charge < -0.3 is 5.32 Å². The molecule has 204 valence electrons. The average molecular weight is 571 g/mol. The molecule has 1 unspecified atom stereocenters. The molecule has 1 fully saturated rings. The van der Waals surface area contributed by atoms with E-state index < -0.39 is 33.7 Å². The summed E-state index contributed by atoms with van der Waals surface area (Å²) in [5, 5.41) is 7.03. The van der Waals surface area contributed by atoms with Gasteiger partial charge in [-0.25, -0.2) is 12.8 Å². The maximum Gasteiger partial charge on any atom is 0.243 e. The van der Waals surface area contributed by atoms with Crippen molar-refractivity contribution in [2.24, 2.45) is 11.0 Å². The number of amides is 1. The molecule has 39 heavy (non-hydrogen) atoms. The molecule has 9 nitrogen and oxygen atoms in total. The van der Waals surface area contributed by atoms with Crippen LogP contribution < -0.4 is 5.32 Å². The highest BCUT2D eigenvalue weighted by molar-refractivity contribution is 7.89. The van der Waals surface area contributed by atoms with E-state index in [0.29, 0.717) is 18.0 Å². The first kappa shape index (κ1) is 28.5. The Balaban J connectivity index is 1.51. The molecular formula is C27H28ClFN6O3S. The lowest BCUT2D eigenvalue weighted by atomic mass is 9.82. The maximum atomic E-state index is 14.9. The Kier molecular flexibility index (Phi) is 8.87. The summed E-state index contributed by atoms with van der Waals surface area (Å²) in [6, 6.07) is 13.7. The van der Waals surface area contributed by atoms with Gasteiger partial charge in [-0.3, -0.25) is 9.78 Å². The predicted molar refractivity (Wildman–Crippen MR) is 147 cm³/mol. The molecule has 1 aromatic heterocycles. The molecule has 0 aliphatic carbocycles. The Labute approximate surface area is 231 Å². The number of sulfonamides is 1. The molecular weight excluding hydrogens is 543 g/mol. The van der Waals surface area contributed by atoms with Gasteiger partial charge in [0.25, 0.3) is 0 Å². The second-order valence-electron chi connectivity index (χ2n) is 9.69. The molecule has 2 aromatic carbocycles. The van der Waals surface area contributed by atoms with Gasteiger partial charge in [0, 0.05) is 34.0 Å². The first-order chi connectivity index (χ1) is 18.6. The number of pyridine rings is 1. The van der Waals surface area contributed by atoms with Crippen molar-refractivity contribution in [2.75, 3.05) is 11.9 Å². The van der Waals surface area contributed by atoms with E-state index in [9.17, 15) is 23.1 Å². The Morgan fingerprint density at radius 3 is 2.54 bits per heavy atom. The average Bonchev–Trinajstić information content (AvgIpc) is 3.70. The van der Waals surface area contributed by atoms with Crippen molar-refractivity contribution >= 4 is 33.2 Å². The van der Waals surface area contributed by atoms with E-state index in [1.54, 1.807) is 42.5 Å². The third-order valence-electron chi connectivity index (χ3n) is 6.76. The first-order valence-corrected chi connectivity index (χ1v) is 14.2. The molecule has 0 radical (unpaired) electrons. The zero-order valence-electron chi connectivity index (χ0n) is 21.4. The van der Waals surface area contributed by atoms with Gasteiger partial charge >= 0.3 is 0 Å². The zero-order valence-corrected chi connectivity index (χ0v) is 23.0. The normalized spacial score (nSPS) is 18.2. The highest BCUT2D eigenvalue weighted by Crippen LogP contribution is 2.34. The van der Waals surface area contributed by atoms with E-state index in [1.807, 2.05) is 13.8 Å². The number of halogens is 2. The van der Waals surface area contributed by atoms with E-state index in [4.69, 9.17) is 11.6 Å². The summed E-state index contributed by atoms with van der Waals surface area (Å²) in [6.07, 6.45) is 2.91. The van der Waals surface area contributed by atoms with Crippen LogP contribution in [-0.4, -0.2) is 42.2 Å². The van der Waals surface area contributed by atoms with Crippen molar-refractivity contribution < 1.29 is 17.6 Å². The standard InChI is InChI=1S/C27H28ClFN6O3S/c1-17(2)25(18-8-10-19(28)11-9-18)26(33-34-30)27(36)32-24-15-31-14-23(29)22(24)13-12-20-16-35(20)39(37,38)21-6-4-3-5-7-21/h3-11,14-15,17,20,25-26H,12-13,16H2,1-2H3,(H,32,36)/t20?,25-,26+,35+/m1/s1. The van der Waals surface area contributed by atoms with Gasteiger partial charge in [-0.05, 0) is 54.1 Å². The molecule has 1 N–H and O–H groups in total. The largest absolute Gasteiger partial charge is 0.324 e. The van der Waals surface area contributed by atoms with Crippen LogP contribution in [0.2, 0.25) is 5.02 Å². The summed E-state index contributed by atoms with van der Waals surface area (Å²) in [5.74, 6) is -1.77. The van der Waals surface area contributed by atoms with Gasteiger partial charge in [0.1, 0.15) is 11.9 Å². The molecule has 1 aliphatic heterocycles. The number of carbonyl (C=O) groups excluding carboxylic acids is 1. The highest BCUT2D eigenvalue weighted by Gasteiger charge is 2.44. The number of nitrogens with one attached hydrogen (secondary N) is 1. The van der Waals surface area contributed by atoms with Gasteiger partial charge in [0.05, 0.1) is 23.0 Å². The lowest BCUT2D eigenvalue weighted by molar-refractivity contribution is -0.118. The Morgan fingerprint density at radius 1 is 1.21 bits per heavy atom. The minimum Gasteiger partial charge on any atom is -0.324 e. The van der Waals surface area contributed by atoms with Gasteiger partial charge in [-0.15, -0.1) is 0 Å². The number of azide groups is 1.